The number of carbonyl (C=O) groups excluding carboxylic acids is 2. The number of benzene rings is 2. The molecule has 0 fully saturated rings. The molecular weight excluding hydrogens is 314 g/mol. The Morgan fingerprint density at radius 3 is 2.64 bits per heavy atom. The van der Waals surface area contributed by atoms with Gasteiger partial charge in [-0.25, -0.2) is 0 Å². The first kappa shape index (κ1) is 16.8. The van der Waals surface area contributed by atoms with E-state index in [1.807, 2.05) is 55.5 Å². The smallest absolute Gasteiger partial charge is 0.272 e. The number of hydrogen-bond donors (Lipinski definition) is 2. The lowest BCUT2D eigenvalue weighted by Gasteiger charge is -2.17. The second-order valence-electron chi connectivity index (χ2n) is 6.26. The van der Waals surface area contributed by atoms with Gasteiger partial charge in [0.2, 0.25) is 5.91 Å². The van der Waals surface area contributed by atoms with Gasteiger partial charge in [0.25, 0.3) is 5.91 Å². The summed E-state index contributed by atoms with van der Waals surface area (Å²) >= 11 is 0. The van der Waals surface area contributed by atoms with Crippen LogP contribution in [-0.2, 0) is 11.3 Å². The minimum absolute atomic E-state index is 0.0212. The number of H-pyrrole nitrogens is 1. The minimum atomic E-state index is -0.202. The average Bonchev–Trinajstić information content (AvgIpc) is 2.99. The molecule has 0 saturated heterocycles. The third kappa shape index (κ3) is 3.71. The summed E-state index contributed by atoms with van der Waals surface area (Å²) in [6, 6.07) is 15.4. The minimum Gasteiger partial charge on any atom is -0.351 e. The third-order valence-corrected chi connectivity index (χ3v) is 4.23. The number of aryl methyl sites for hydroxylation is 1. The Morgan fingerprint density at radius 2 is 1.88 bits per heavy atom. The van der Waals surface area contributed by atoms with Crippen molar-refractivity contribution in [2.75, 3.05) is 12.4 Å². The zero-order chi connectivity index (χ0) is 18.0. The molecule has 0 radical (unpaired) electrons. The average molecular weight is 335 g/mol. The molecule has 128 valence electrons. The number of carbonyl (C=O) groups is 2. The predicted octanol–water partition coefficient (Wildman–Crippen LogP) is 3.71. The molecule has 1 heterocycles. The first-order valence-corrected chi connectivity index (χ1v) is 8.14. The Labute approximate surface area is 146 Å². The highest BCUT2D eigenvalue weighted by atomic mass is 16.2. The van der Waals surface area contributed by atoms with E-state index in [1.54, 1.807) is 11.9 Å². The molecule has 0 saturated carbocycles. The van der Waals surface area contributed by atoms with Gasteiger partial charge in [-0.05, 0) is 36.8 Å². The van der Waals surface area contributed by atoms with Gasteiger partial charge < -0.3 is 15.2 Å². The van der Waals surface area contributed by atoms with E-state index in [-0.39, 0.29) is 11.8 Å². The van der Waals surface area contributed by atoms with Gasteiger partial charge in [-0.3, -0.25) is 9.59 Å². The van der Waals surface area contributed by atoms with E-state index in [4.69, 9.17) is 0 Å². The van der Waals surface area contributed by atoms with Gasteiger partial charge in [-0.15, -0.1) is 0 Å². The Kier molecular flexibility index (Phi) is 4.57. The molecular formula is C20H21N3O2. The fourth-order valence-corrected chi connectivity index (χ4v) is 2.71. The zero-order valence-corrected chi connectivity index (χ0v) is 14.6. The van der Waals surface area contributed by atoms with Crippen LogP contribution in [0.1, 0.15) is 28.5 Å². The van der Waals surface area contributed by atoms with Crippen molar-refractivity contribution >= 4 is 28.4 Å². The summed E-state index contributed by atoms with van der Waals surface area (Å²) in [6.07, 6.45) is 0. The monoisotopic (exact) mass is 335 g/mol. The summed E-state index contributed by atoms with van der Waals surface area (Å²) in [4.78, 5) is 28.8. The Morgan fingerprint density at radius 1 is 1.12 bits per heavy atom. The van der Waals surface area contributed by atoms with Crippen molar-refractivity contribution in [2.45, 2.75) is 20.4 Å². The van der Waals surface area contributed by atoms with Crippen LogP contribution in [0.3, 0.4) is 0 Å². The van der Waals surface area contributed by atoms with Gasteiger partial charge in [0.15, 0.2) is 0 Å². The van der Waals surface area contributed by atoms with E-state index < -0.39 is 0 Å². The summed E-state index contributed by atoms with van der Waals surface area (Å²) in [5.74, 6) is -0.223. The molecule has 0 aliphatic rings. The van der Waals surface area contributed by atoms with Crippen molar-refractivity contribution < 1.29 is 9.59 Å². The van der Waals surface area contributed by atoms with Crippen molar-refractivity contribution in [3.63, 3.8) is 0 Å². The molecule has 0 atom stereocenters. The first-order chi connectivity index (χ1) is 11.9. The molecule has 5 heteroatoms. The SMILES string of the molecule is CC(=O)N(C)Cc1ccccc1NC(=O)c1cc2cc(C)ccc2[nH]1. The van der Waals surface area contributed by atoms with Gasteiger partial charge in [0.1, 0.15) is 5.69 Å². The van der Waals surface area contributed by atoms with Crippen molar-refractivity contribution in [1.82, 2.24) is 9.88 Å². The van der Waals surface area contributed by atoms with Crippen LogP contribution in [0.25, 0.3) is 10.9 Å². The van der Waals surface area contributed by atoms with Crippen LogP contribution in [0, 0.1) is 6.92 Å². The molecule has 2 amide bonds. The number of rotatable bonds is 4. The van der Waals surface area contributed by atoms with Crippen LogP contribution < -0.4 is 5.32 Å². The maximum Gasteiger partial charge on any atom is 0.272 e. The summed E-state index contributed by atoms with van der Waals surface area (Å²) in [5.41, 5.74) is 4.18. The van der Waals surface area contributed by atoms with E-state index in [2.05, 4.69) is 10.3 Å². The first-order valence-electron chi connectivity index (χ1n) is 8.14. The second-order valence-corrected chi connectivity index (χ2v) is 6.26. The fourth-order valence-electron chi connectivity index (χ4n) is 2.71. The number of aromatic amines is 1. The number of hydrogen-bond acceptors (Lipinski definition) is 2. The normalized spacial score (nSPS) is 10.7. The topological polar surface area (TPSA) is 65.2 Å². The summed E-state index contributed by atoms with van der Waals surface area (Å²) in [7, 11) is 1.74. The Bertz CT molecular complexity index is 943. The molecule has 0 spiro atoms. The zero-order valence-electron chi connectivity index (χ0n) is 14.6. The number of fused-ring (bicyclic) bond motifs is 1. The molecule has 3 rings (SSSR count). The molecule has 25 heavy (non-hydrogen) atoms. The van der Waals surface area contributed by atoms with Gasteiger partial charge in [0.05, 0.1) is 0 Å². The highest BCUT2D eigenvalue weighted by Gasteiger charge is 2.13. The quantitative estimate of drug-likeness (QED) is 0.763. The number of nitrogens with zero attached hydrogens (tertiary/aromatic N) is 1. The second kappa shape index (κ2) is 6.81. The van der Waals surface area contributed by atoms with E-state index in [0.29, 0.717) is 17.9 Å². The van der Waals surface area contributed by atoms with Gasteiger partial charge in [-0.1, -0.05) is 29.8 Å². The van der Waals surface area contributed by atoms with Crippen molar-refractivity contribution in [3.05, 3.63) is 65.4 Å². The lowest BCUT2D eigenvalue weighted by atomic mass is 10.1. The maximum atomic E-state index is 12.6. The summed E-state index contributed by atoms with van der Waals surface area (Å²) < 4.78 is 0. The van der Waals surface area contributed by atoms with Gasteiger partial charge >= 0.3 is 0 Å². The summed E-state index contributed by atoms with van der Waals surface area (Å²) in [6.45, 7) is 3.99. The number of para-hydroxylation sites is 1. The number of amides is 2. The molecule has 0 aliphatic heterocycles. The largest absolute Gasteiger partial charge is 0.351 e. The lowest BCUT2D eigenvalue weighted by Crippen LogP contribution is -2.24. The summed E-state index contributed by atoms with van der Waals surface area (Å²) in [5, 5.41) is 3.95. The molecule has 5 nitrogen and oxygen atoms in total. The van der Waals surface area contributed by atoms with Crippen LogP contribution >= 0.6 is 0 Å². The molecule has 1 aromatic heterocycles. The van der Waals surface area contributed by atoms with Gasteiger partial charge in [0, 0.05) is 37.1 Å². The number of nitrogens with one attached hydrogen (secondary N) is 2. The third-order valence-electron chi connectivity index (χ3n) is 4.23. The van der Waals surface area contributed by atoms with Crippen molar-refractivity contribution in [1.29, 1.82) is 0 Å². The van der Waals surface area contributed by atoms with E-state index in [0.717, 1.165) is 22.0 Å². The highest BCUT2D eigenvalue weighted by Crippen LogP contribution is 2.20. The van der Waals surface area contributed by atoms with Crippen LogP contribution in [0.5, 0.6) is 0 Å². The molecule has 3 aromatic rings. The molecule has 2 aromatic carbocycles. The van der Waals surface area contributed by atoms with Crippen LogP contribution in [0.15, 0.2) is 48.5 Å². The van der Waals surface area contributed by atoms with Gasteiger partial charge in [-0.2, -0.15) is 0 Å². The van der Waals surface area contributed by atoms with Crippen molar-refractivity contribution in [2.24, 2.45) is 0 Å². The van der Waals surface area contributed by atoms with Crippen LogP contribution in [-0.4, -0.2) is 28.7 Å². The van der Waals surface area contributed by atoms with Crippen molar-refractivity contribution in [3.8, 4) is 0 Å². The van der Waals surface area contributed by atoms with E-state index in [1.165, 1.54) is 6.92 Å². The molecule has 0 aliphatic carbocycles. The molecule has 0 unspecified atom stereocenters. The standard InChI is InChI=1S/C20H21N3O2/c1-13-8-9-18-16(10-13)11-19(21-18)20(25)22-17-7-5-4-6-15(17)12-23(3)14(2)24/h4-11,21H,12H2,1-3H3,(H,22,25). The molecule has 2 N–H and O–H groups in total. The highest BCUT2D eigenvalue weighted by molar-refractivity contribution is 6.06. The molecule has 0 bridgehead atoms. The number of anilines is 1. The fraction of sp³-hybridized carbons (Fsp3) is 0.200. The van der Waals surface area contributed by atoms with E-state index in [9.17, 15) is 9.59 Å². The lowest BCUT2D eigenvalue weighted by molar-refractivity contribution is -0.128. The maximum absolute atomic E-state index is 12.6. The predicted molar refractivity (Wildman–Crippen MR) is 99.6 cm³/mol. The Balaban J connectivity index is 1.83. The Hall–Kier alpha value is -3.08. The number of aromatic nitrogens is 1. The van der Waals surface area contributed by atoms with Crippen LogP contribution in [0.2, 0.25) is 0 Å². The van der Waals surface area contributed by atoms with Crippen LogP contribution in [0.4, 0.5) is 5.69 Å². The van der Waals surface area contributed by atoms with E-state index >= 15 is 0 Å².